The van der Waals surface area contributed by atoms with Gasteiger partial charge in [0, 0.05) is 18.3 Å². The third-order valence-electron chi connectivity index (χ3n) is 3.17. The molecule has 0 atom stereocenters. The van der Waals surface area contributed by atoms with Gasteiger partial charge in [-0.25, -0.2) is 18.5 Å². The molecule has 5 N–H and O–H groups in total. The maximum atomic E-state index is 11.7. The monoisotopic (exact) mass is 354 g/mol. The summed E-state index contributed by atoms with van der Waals surface area (Å²) in [7, 11) is -3.67. The number of nitrogen functional groups attached to an aromatic ring is 1. The van der Waals surface area contributed by atoms with Crippen molar-refractivity contribution >= 4 is 32.4 Å². The number of hydrogen-bond donors (Lipinski definition) is 3. The number of sulfonamides is 1. The number of aromatic nitrogens is 1. The number of anilines is 1. The van der Waals surface area contributed by atoms with Crippen molar-refractivity contribution in [3.63, 3.8) is 0 Å². The standard InChI is InChI=1S/C14H18N4O3S2/c15-14-18-11(9-22-14)3-6-13(19)17-8-7-10-1-4-12(5-2-10)23(16,20)21/h1-2,4-5,9H,3,6-8H2,(H2,15,18)(H,17,19)(H2,16,20,21). The van der Waals surface area contributed by atoms with Crippen LogP contribution in [0.2, 0.25) is 0 Å². The van der Waals surface area contributed by atoms with Gasteiger partial charge in [0.25, 0.3) is 0 Å². The second kappa shape index (κ2) is 7.53. The highest BCUT2D eigenvalue weighted by molar-refractivity contribution is 7.89. The molecule has 2 rings (SSSR count). The van der Waals surface area contributed by atoms with Gasteiger partial charge in [-0.05, 0) is 30.5 Å². The van der Waals surface area contributed by atoms with Gasteiger partial charge < -0.3 is 11.1 Å². The molecule has 124 valence electrons. The van der Waals surface area contributed by atoms with Crippen molar-refractivity contribution in [3.8, 4) is 0 Å². The number of thiazole rings is 1. The number of hydrogen-bond acceptors (Lipinski definition) is 6. The Morgan fingerprint density at radius 2 is 1.91 bits per heavy atom. The molecule has 2 aromatic rings. The lowest BCUT2D eigenvalue weighted by Gasteiger charge is -2.05. The molecule has 0 aliphatic heterocycles. The van der Waals surface area contributed by atoms with Crippen LogP contribution < -0.4 is 16.2 Å². The topological polar surface area (TPSA) is 128 Å². The highest BCUT2D eigenvalue weighted by Gasteiger charge is 2.07. The predicted molar refractivity (Wildman–Crippen MR) is 89.4 cm³/mol. The fourth-order valence-corrected chi connectivity index (χ4v) is 3.07. The van der Waals surface area contributed by atoms with Crippen LogP contribution in [-0.2, 0) is 27.7 Å². The molecule has 0 saturated heterocycles. The average molecular weight is 354 g/mol. The molecule has 0 spiro atoms. The van der Waals surface area contributed by atoms with E-state index in [2.05, 4.69) is 10.3 Å². The number of nitrogens with two attached hydrogens (primary N) is 2. The Hall–Kier alpha value is -1.97. The summed E-state index contributed by atoms with van der Waals surface area (Å²) in [5, 5.41) is 10.2. The number of nitrogens with one attached hydrogen (secondary N) is 1. The van der Waals surface area contributed by atoms with E-state index >= 15 is 0 Å². The van der Waals surface area contributed by atoms with Gasteiger partial charge in [0.1, 0.15) is 0 Å². The third kappa shape index (κ3) is 5.62. The van der Waals surface area contributed by atoms with E-state index in [1.54, 1.807) is 12.1 Å². The second-order valence-corrected chi connectivity index (χ2v) is 7.42. The van der Waals surface area contributed by atoms with E-state index in [0.717, 1.165) is 11.3 Å². The minimum atomic E-state index is -3.67. The molecule has 0 saturated carbocycles. The molecule has 1 aromatic heterocycles. The lowest BCUT2D eigenvalue weighted by molar-refractivity contribution is -0.121. The minimum Gasteiger partial charge on any atom is -0.375 e. The Bertz CT molecular complexity index is 770. The van der Waals surface area contributed by atoms with Gasteiger partial charge >= 0.3 is 0 Å². The Labute approximate surface area is 138 Å². The lowest BCUT2D eigenvalue weighted by Crippen LogP contribution is -2.25. The van der Waals surface area contributed by atoms with Gasteiger partial charge in [-0.1, -0.05) is 12.1 Å². The molecule has 0 unspecified atom stereocenters. The van der Waals surface area contributed by atoms with Crippen LogP contribution in [0.15, 0.2) is 34.5 Å². The Kier molecular flexibility index (Phi) is 5.69. The van der Waals surface area contributed by atoms with Crippen molar-refractivity contribution in [1.82, 2.24) is 10.3 Å². The SMILES string of the molecule is Nc1nc(CCC(=O)NCCc2ccc(S(N)(=O)=O)cc2)cs1. The molecule has 1 heterocycles. The summed E-state index contributed by atoms with van der Waals surface area (Å²) < 4.78 is 22.3. The van der Waals surface area contributed by atoms with Crippen molar-refractivity contribution in [3.05, 3.63) is 40.9 Å². The number of carbonyl (C=O) groups excluding carboxylic acids is 1. The molecular formula is C14H18N4O3S2. The van der Waals surface area contributed by atoms with Gasteiger partial charge in [-0.2, -0.15) is 0 Å². The number of carbonyl (C=O) groups is 1. The van der Waals surface area contributed by atoms with Crippen LogP contribution >= 0.6 is 11.3 Å². The van der Waals surface area contributed by atoms with Crippen LogP contribution in [0.25, 0.3) is 0 Å². The van der Waals surface area contributed by atoms with E-state index in [9.17, 15) is 13.2 Å². The summed E-state index contributed by atoms with van der Waals surface area (Å²) in [5.74, 6) is -0.0577. The smallest absolute Gasteiger partial charge is 0.238 e. The van der Waals surface area contributed by atoms with Crippen molar-refractivity contribution in [1.29, 1.82) is 0 Å². The number of aryl methyl sites for hydroxylation is 1. The molecule has 0 aliphatic carbocycles. The molecule has 0 radical (unpaired) electrons. The van der Waals surface area contributed by atoms with Gasteiger partial charge in [0.15, 0.2) is 5.13 Å². The van der Waals surface area contributed by atoms with Crippen molar-refractivity contribution in [2.45, 2.75) is 24.2 Å². The fraction of sp³-hybridized carbons (Fsp3) is 0.286. The first kappa shape index (κ1) is 17.4. The van der Waals surface area contributed by atoms with E-state index in [4.69, 9.17) is 10.9 Å². The maximum Gasteiger partial charge on any atom is 0.238 e. The zero-order chi connectivity index (χ0) is 16.9. The van der Waals surface area contributed by atoms with E-state index in [0.29, 0.717) is 30.9 Å². The molecule has 1 amide bonds. The summed E-state index contributed by atoms with van der Waals surface area (Å²) in [6.45, 7) is 0.479. The quantitative estimate of drug-likeness (QED) is 0.673. The van der Waals surface area contributed by atoms with E-state index in [1.807, 2.05) is 5.38 Å². The Balaban J connectivity index is 1.73. The first-order chi connectivity index (χ1) is 10.8. The number of benzene rings is 1. The van der Waals surface area contributed by atoms with Gasteiger partial charge in [-0.3, -0.25) is 4.79 Å². The van der Waals surface area contributed by atoms with E-state index < -0.39 is 10.0 Å². The maximum absolute atomic E-state index is 11.7. The molecule has 0 aliphatic rings. The number of nitrogens with zero attached hydrogens (tertiary/aromatic N) is 1. The summed E-state index contributed by atoms with van der Waals surface area (Å²) in [4.78, 5) is 15.9. The van der Waals surface area contributed by atoms with Gasteiger partial charge in [-0.15, -0.1) is 11.3 Å². The van der Waals surface area contributed by atoms with Gasteiger partial charge in [0.05, 0.1) is 10.6 Å². The Morgan fingerprint density at radius 3 is 2.48 bits per heavy atom. The lowest BCUT2D eigenvalue weighted by atomic mass is 10.1. The first-order valence-corrected chi connectivity index (χ1v) is 9.35. The van der Waals surface area contributed by atoms with Crippen LogP contribution in [0.1, 0.15) is 17.7 Å². The third-order valence-corrected chi connectivity index (χ3v) is 4.82. The second-order valence-electron chi connectivity index (χ2n) is 4.97. The predicted octanol–water partition coefficient (Wildman–Crippen LogP) is 0.664. The largest absolute Gasteiger partial charge is 0.375 e. The molecule has 9 heteroatoms. The molecule has 23 heavy (non-hydrogen) atoms. The van der Waals surface area contributed by atoms with Crippen molar-refractivity contribution in [2.24, 2.45) is 5.14 Å². The zero-order valence-corrected chi connectivity index (χ0v) is 14.0. The van der Waals surface area contributed by atoms with Crippen LogP contribution in [0.3, 0.4) is 0 Å². The molecular weight excluding hydrogens is 336 g/mol. The summed E-state index contributed by atoms with van der Waals surface area (Å²) in [6.07, 6.45) is 1.52. The normalized spacial score (nSPS) is 11.3. The highest BCUT2D eigenvalue weighted by atomic mass is 32.2. The highest BCUT2D eigenvalue weighted by Crippen LogP contribution is 2.12. The van der Waals surface area contributed by atoms with Crippen LogP contribution in [0.5, 0.6) is 0 Å². The molecule has 0 fully saturated rings. The van der Waals surface area contributed by atoms with Gasteiger partial charge in [0.2, 0.25) is 15.9 Å². The summed E-state index contributed by atoms with van der Waals surface area (Å²) in [5.41, 5.74) is 7.27. The summed E-state index contributed by atoms with van der Waals surface area (Å²) in [6, 6.07) is 6.28. The fourth-order valence-electron chi connectivity index (χ4n) is 1.96. The number of amides is 1. The first-order valence-electron chi connectivity index (χ1n) is 6.93. The summed E-state index contributed by atoms with van der Waals surface area (Å²) >= 11 is 1.36. The van der Waals surface area contributed by atoms with Crippen molar-refractivity contribution in [2.75, 3.05) is 12.3 Å². The minimum absolute atomic E-state index is 0.0577. The van der Waals surface area contributed by atoms with Crippen LogP contribution in [0, 0.1) is 0 Å². The molecule has 0 bridgehead atoms. The van der Waals surface area contributed by atoms with E-state index in [1.165, 1.54) is 23.5 Å². The molecule has 1 aromatic carbocycles. The van der Waals surface area contributed by atoms with Crippen LogP contribution in [0.4, 0.5) is 5.13 Å². The Morgan fingerprint density at radius 1 is 1.22 bits per heavy atom. The van der Waals surface area contributed by atoms with E-state index in [-0.39, 0.29) is 10.8 Å². The number of primary sulfonamides is 1. The van der Waals surface area contributed by atoms with Crippen LogP contribution in [-0.4, -0.2) is 25.9 Å². The zero-order valence-electron chi connectivity index (χ0n) is 12.4. The average Bonchev–Trinajstić information content (AvgIpc) is 2.90. The number of rotatable bonds is 7. The molecule has 7 nitrogen and oxygen atoms in total. The van der Waals surface area contributed by atoms with Crippen molar-refractivity contribution < 1.29 is 13.2 Å².